The number of aliphatic hydroxyl groups excluding tert-OH is 2. The average Bonchev–Trinajstić information content (AvgIpc) is 2.21. The van der Waals surface area contributed by atoms with Gasteiger partial charge in [0.1, 0.15) is 0 Å². The highest BCUT2D eigenvalue weighted by Crippen LogP contribution is 2.40. The summed E-state index contributed by atoms with van der Waals surface area (Å²) in [7, 11) is 0. The summed E-state index contributed by atoms with van der Waals surface area (Å²) in [5, 5.41) is 36.2. The Hall–Kier alpha value is -1.14. The van der Waals surface area contributed by atoms with Gasteiger partial charge in [-0.1, -0.05) is 0 Å². The van der Waals surface area contributed by atoms with Gasteiger partial charge in [-0.25, -0.2) is 4.79 Å². The highest BCUT2D eigenvalue weighted by molar-refractivity contribution is 5.77. The second kappa shape index (κ2) is 4.80. The Kier molecular flexibility index (Phi) is 3.88. The van der Waals surface area contributed by atoms with Gasteiger partial charge in [0.05, 0.1) is 11.5 Å². The molecule has 1 atom stereocenters. The molecule has 0 aromatic rings. The van der Waals surface area contributed by atoms with Crippen LogP contribution in [0.5, 0.6) is 0 Å². The molecule has 0 aliphatic heterocycles. The largest absolute Gasteiger partial charge is 0.481 e. The fourth-order valence-corrected chi connectivity index (χ4v) is 2.12. The maximum Gasteiger partial charge on any atom is 0.332 e. The summed E-state index contributed by atoms with van der Waals surface area (Å²) < 4.78 is 0. The zero-order valence-electron chi connectivity index (χ0n) is 8.80. The van der Waals surface area contributed by atoms with E-state index in [0.717, 1.165) is 0 Å². The topological polar surface area (TPSA) is 115 Å². The maximum absolute atomic E-state index is 11.2. The van der Waals surface area contributed by atoms with Crippen LogP contribution in [0.4, 0.5) is 0 Å². The van der Waals surface area contributed by atoms with Gasteiger partial charge >= 0.3 is 11.9 Å². The van der Waals surface area contributed by atoms with Gasteiger partial charge < -0.3 is 20.4 Å². The minimum atomic E-state index is -1.66. The predicted molar refractivity (Wildman–Crippen MR) is 52.8 cm³/mol. The van der Waals surface area contributed by atoms with E-state index in [1.165, 1.54) is 0 Å². The van der Waals surface area contributed by atoms with Crippen LogP contribution in [0.2, 0.25) is 0 Å². The highest BCUT2D eigenvalue weighted by Gasteiger charge is 2.44. The van der Waals surface area contributed by atoms with Gasteiger partial charge in [0.25, 0.3) is 0 Å². The van der Waals surface area contributed by atoms with Crippen LogP contribution in [-0.4, -0.2) is 44.6 Å². The van der Waals surface area contributed by atoms with Crippen LogP contribution in [0.3, 0.4) is 0 Å². The molecule has 0 aromatic heterocycles. The third-order valence-electron chi connectivity index (χ3n) is 3.24. The van der Waals surface area contributed by atoms with Crippen LogP contribution in [0.1, 0.15) is 32.1 Å². The van der Waals surface area contributed by atoms with Crippen molar-refractivity contribution in [2.45, 2.75) is 44.3 Å². The SMILES string of the molecule is O=C(O)C(O)CC1(C(=O)O)CCC(O)CC1. The molecule has 0 aromatic carbocycles. The maximum atomic E-state index is 11.2. The van der Waals surface area contributed by atoms with E-state index in [9.17, 15) is 19.8 Å². The van der Waals surface area contributed by atoms with Crippen LogP contribution in [0, 0.1) is 5.41 Å². The monoisotopic (exact) mass is 232 g/mol. The van der Waals surface area contributed by atoms with Crippen LogP contribution in [0.25, 0.3) is 0 Å². The van der Waals surface area contributed by atoms with E-state index in [0.29, 0.717) is 12.8 Å². The summed E-state index contributed by atoms with van der Waals surface area (Å²) in [6.07, 6.45) is -1.41. The molecule has 0 heterocycles. The number of aliphatic carboxylic acids is 2. The Bertz CT molecular complexity index is 279. The third kappa shape index (κ3) is 2.70. The minimum Gasteiger partial charge on any atom is -0.481 e. The number of rotatable bonds is 4. The molecule has 6 heteroatoms. The number of hydrogen-bond acceptors (Lipinski definition) is 4. The van der Waals surface area contributed by atoms with Crippen LogP contribution in [0.15, 0.2) is 0 Å². The van der Waals surface area contributed by atoms with E-state index in [1.54, 1.807) is 0 Å². The molecule has 0 saturated heterocycles. The lowest BCUT2D eigenvalue weighted by Crippen LogP contribution is -2.41. The van der Waals surface area contributed by atoms with Crippen LogP contribution in [-0.2, 0) is 9.59 Å². The standard InChI is InChI=1S/C10H16O6/c11-6-1-3-10(4-2-6,9(15)16)5-7(12)8(13)14/h6-7,11-12H,1-5H2,(H,13,14)(H,15,16). The van der Waals surface area contributed by atoms with Gasteiger partial charge in [-0.05, 0) is 25.7 Å². The zero-order valence-corrected chi connectivity index (χ0v) is 8.80. The number of carboxylic acids is 2. The molecule has 1 rings (SSSR count). The lowest BCUT2D eigenvalue weighted by molar-refractivity contribution is -0.159. The van der Waals surface area contributed by atoms with E-state index in [1.807, 2.05) is 0 Å². The van der Waals surface area contributed by atoms with Crippen LogP contribution >= 0.6 is 0 Å². The van der Waals surface area contributed by atoms with Gasteiger partial charge in [0, 0.05) is 6.42 Å². The Balaban J connectivity index is 2.74. The Labute approximate surface area is 92.5 Å². The molecule has 0 spiro atoms. The quantitative estimate of drug-likeness (QED) is 0.535. The lowest BCUT2D eigenvalue weighted by Gasteiger charge is -2.35. The van der Waals surface area contributed by atoms with Crippen molar-refractivity contribution in [3.8, 4) is 0 Å². The molecule has 1 fully saturated rings. The second-order valence-corrected chi connectivity index (χ2v) is 4.37. The fraction of sp³-hybridized carbons (Fsp3) is 0.800. The van der Waals surface area contributed by atoms with Crippen molar-refractivity contribution in [3.63, 3.8) is 0 Å². The molecule has 1 aliphatic rings. The van der Waals surface area contributed by atoms with Gasteiger partial charge in [0.2, 0.25) is 0 Å². The molecule has 0 radical (unpaired) electrons. The van der Waals surface area contributed by atoms with Crippen molar-refractivity contribution in [2.75, 3.05) is 0 Å². The Morgan fingerprint density at radius 2 is 1.75 bits per heavy atom. The summed E-state index contributed by atoms with van der Waals surface area (Å²) >= 11 is 0. The molecular weight excluding hydrogens is 216 g/mol. The minimum absolute atomic E-state index is 0.202. The van der Waals surface area contributed by atoms with Gasteiger partial charge in [0.15, 0.2) is 6.10 Å². The van der Waals surface area contributed by atoms with E-state index in [4.69, 9.17) is 10.2 Å². The van der Waals surface area contributed by atoms with Gasteiger partial charge in [-0.15, -0.1) is 0 Å². The summed E-state index contributed by atoms with van der Waals surface area (Å²) in [5.41, 5.74) is -1.21. The fourth-order valence-electron chi connectivity index (χ4n) is 2.12. The molecule has 6 nitrogen and oxygen atoms in total. The summed E-state index contributed by atoms with van der Waals surface area (Å²) in [6, 6.07) is 0. The molecule has 0 amide bonds. The number of hydrogen-bond donors (Lipinski definition) is 4. The number of carboxylic acid groups (broad SMARTS) is 2. The molecular formula is C10H16O6. The molecule has 1 aliphatic carbocycles. The second-order valence-electron chi connectivity index (χ2n) is 4.37. The number of aliphatic hydroxyl groups is 2. The van der Waals surface area contributed by atoms with E-state index in [2.05, 4.69) is 0 Å². The smallest absolute Gasteiger partial charge is 0.332 e. The average molecular weight is 232 g/mol. The zero-order chi connectivity index (χ0) is 12.3. The molecule has 1 unspecified atom stereocenters. The normalized spacial score (nSPS) is 32.0. The molecule has 0 bridgehead atoms. The molecule has 4 N–H and O–H groups in total. The molecule has 16 heavy (non-hydrogen) atoms. The molecule has 92 valence electrons. The summed E-state index contributed by atoms with van der Waals surface area (Å²) in [5.74, 6) is -2.51. The summed E-state index contributed by atoms with van der Waals surface area (Å²) in [4.78, 5) is 21.7. The van der Waals surface area contributed by atoms with Gasteiger partial charge in [-0.2, -0.15) is 0 Å². The Morgan fingerprint density at radius 3 is 2.12 bits per heavy atom. The van der Waals surface area contributed by atoms with Crippen molar-refractivity contribution in [2.24, 2.45) is 5.41 Å². The first-order valence-corrected chi connectivity index (χ1v) is 5.20. The van der Waals surface area contributed by atoms with Crippen molar-refractivity contribution < 1.29 is 30.0 Å². The first kappa shape index (κ1) is 12.9. The third-order valence-corrected chi connectivity index (χ3v) is 3.24. The summed E-state index contributed by atoms with van der Waals surface area (Å²) in [6.45, 7) is 0. The highest BCUT2D eigenvalue weighted by atomic mass is 16.4. The first-order valence-electron chi connectivity index (χ1n) is 5.20. The predicted octanol–water partition coefficient (Wildman–Crippen LogP) is -0.172. The van der Waals surface area contributed by atoms with Crippen LogP contribution < -0.4 is 0 Å². The van der Waals surface area contributed by atoms with Crippen molar-refractivity contribution in [1.29, 1.82) is 0 Å². The first-order chi connectivity index (χ1) is 7.37. The van der Waals surface area contributed by atoms with Crippen molar-refractivity contribution >= 4 is 11.9 Å². The van der Waals surface area contributed by atoms with E-state index in [-0.39, 0.29) is 19.3 Å². The van der Waals surface area contributed by atoms with E-state index >= 15 is 0 Å². The van der Waals surface area contributed by atoms with Gasteiger partial charge in [-0.3, -0.25) is 4.79 Å². The van der Waals surface area contributed by atoms with Crippen molar-refractivity contribution in [1.82, 2.24) is 0 Å². The van der Waals surface area contributed by atoms with Crippen molar-refractivity contribution in [3.05, 3.63) is 0 Å². The Morgan fingerprint density at radius 1 is 1.25 bits per heavy atom. The molecule has 1 saturated carbocycles. The van der Waals surface area contributed by atoms with E-state index < -0.39 is 29.6 Å². The number of carbonyl (C=O) groups is 2. The lowest BCUT2D eigenvalue weighted by atomic mass is 9.70.